The second kappa shape index (κ2) is 3.24. The number of aryl methyl sites for hydroxylation is 1. The molecule has 2 rings (SSSR count). The van der Waals surface area contributed by atoms with Crippen LogP contribution in [0.1, 0.15) is 23.6 Å². The Kier molecular flexibility index (Phi) is 2.22. The first-order valence-electron chi connectivity index (χ1n) is 4.41. The van der Waals surface area contributed by atoms with E-state index < -0.39 is 0 Å². The number of phenols is 1. The Morgan fingerprint density at radius 3 is 3.08 bits per heavy atom. The standard InChI is InChI=1S/C10H13NOS/c1-6-2-3-8-9(10(6)12)7(11)4-5-13-8/h2-3,7,12H,4-5,11H2,1H3/t7-/m1/s1. The lowest BCUT2D eigenvalue weighted by molar-refractivity contribution is 0.452. The Morgan fingerprint density at radius 2 is 2.31 bits per heavy atom. The highest BCUT2D eigenvalue weighted by Gasteiger charge is 2.21. The third kappa shape index (κ3) is 1.42. The third-order valence-electron chi connectivity index (χ3n) is 2.44. The lowest BCUT2D eigenvalue weighted by Crippen LogP contribution is -2.16. The van der Waals surface area contributed by atoms with Crippen LogP contribution in [-0.4, -0.2) is 10.9 Å². The van der Waals surface area contributed by atoms with E-state index in [-0.39, 0.29) is 6.04 Å². The molecule has 0 saturated heterocycles. The molecule has 0 radical (unpaired) electrons. The van der Waals surface area contributed by atoms with Crippen molar-refractivity contribution in [1.82, 2.24) is 0 Å². The van der Waals surface area contributed by atoms with Gasteiger partial charge in [0.25, 0.3) is 0 Å². The van der Waals surface area contributed by atoms with E-state index in [9.17, 15) is 5.11 Å². The highest BCUT2D eigenvalue weighted by molar-refractivity contribution is 7.99. The Morgan fingerprint density at radius 1 is 1.54 bits per heavy atom. The molecule has 1 aromatic rings. The minimum Gasteiger partial charge on any atom is -0.507 e. The Hall–Kier alpha value is -0.670. The van der Waals surface area contributed by atoms with Crippen molar-refractivity contribution >= 4 is 11.8 Å². The van der Waals surface area contributed by atoms with Gasteiger partial charge in [-0.1, -0.05) is 6.07 Å². The fourth-order valence-corrected chi connectivity index (χ4v) is 2.78. The highest BCUT2D eigenvalue weighted by atomic mass is 32.2. The van der Waals surface area contributed by atoms with Gasteiger partial charge in [0.1, 0.15) is 5.75 Å². The van der Waals surface area contributed by atoms with Gasteiger partial charge in [-0.2, -0.15) is 0 Å². The van der Waals surface area contributed by atoms with Crippen molar-refractivity contribution in [2.45, 2.75) is 24.3 Å². The summed E-state index contributed by atoms with van der Waals surface area (Å²) < 4.78 is 0. The number of nitrogens with two attached hydrogens (primary N) is 1. The summed E-state index contributed by atoms with van der Waals surface area (Å²) in [5.41, 5.74) is 7.80. The average molecular weight is 195 g/mol. The average Bonchev–Trinajstić information content (AvgIpc) is 2.12. The van der Waals surface area contributed by atoms with Crippen molar-refractivity contribution in [3.63, 3.8) is 0 Å². The molecule has 0 amide bonds. The summed E-state index contributed by atoms with van der Waals surface area (Å²) in [5, 5.41) is 9.82. The number of hydrogen-bond donors (Lipinski definition) is 2. The van der Waals surface area contributed by atoms with Crippen LogP contribution in [0.3, 0.4) is 0 Å². The van der Waals surface area contributed by atoms with Crippen molar-refractivity contribution < 1.29 is 5.11 Å². The van der Waals surface area contributed by atoms with E-state index in [2.05, 4.69) is 0 Å². The van der Waals surface area contributed by atoms with E-state index >= 15 is 0 Å². The van der Waals surface area contributed by atoms with Crippen molar-refractivity contribution in [2.24, 2.45) is 5.73 Å². The molecule has 13 heavy (non-hydrogen) atoms. The van der Waals surface area contributed by atoms with Crippen LogP contribution in [0.4, 0.5) is 0 Å². The summed E-state index contributed by atoms with van der Waals surface area (Å²) in [7, 11) is 0. The topological polar surface area (TPSA) is 46.2 Å². The van der Waals surface area contributed by atoms with Gasteiger partial charge in [0.15, 0.2) is 0 Å². The second-order valence-corrected chi connectivity index (χ2v) is 4.52. The molecule has 0 aliphatic carbocycles. The molecule has 0 spiro atoms. The molecule has 70 valence electrons. The van der Waals surface area contributed by atoms with Crippen LogP contribution in [0.25, 0.3) is 0 Å². The van der Waals surface area contributed by atoms with E-state index in [4.69, 9.17) is 5.73 Å². The number of thioether (sulfide) groups is 1. The summed E-state index contributed by atoms with van der Waals surface area (Å²) in [5.74, 6) is 1.44. The zero-order valence-corrected chi connectivity index (χ0v) is 8.40. The molecule has 0 bridgehead atoms. The van der Waals surface area contributed by atoms with Gasteiger partial charge in [0.05, 0.1) is 0 Å². The second-order valence-electron chi connectivity index (χ2n) is 3.39. The maximum absolute atomic E-state index is 9.82. The van der Waals surface area contributed by atoms with Crippen molar-refractivity contribution in [2.75, 3.05) is 5.75 Å². The van der Waals surface area contributed by atoms with E-state index in [1.807, 2.05) is 19.1 Å². The summed E-state index contributed by atoms with van der Waals surface area (Å²) in [6, 6.07) is 4.00. The quantitative estimate of drug-likeness (QED) is 0.667. The number of hydrogen-bond acceptors (Lipinski definition) is 3. The SMILES string of the molecule is Cc1ccc2c(c1O)[C@H](N)CCS2. The maximum atomic E-state index is 9.82. The number of aromatic hydroxyl groups is 1. The Labute approximate surface area is 82.1 Å². The van der Waals surface area contributed by atoms with Gasteiger partial charge >= 0.3 is 0 Å². The molecule has 0 saturated carbocycles. The van der Waals surface area contributed by atoms with Crippen LogP contribution in [0, 0.1) is 6.92 Å². The van der Waals surface area contributed by atoms with Gasteiger partial charge in [-0.15, -0.1) is 11.8 Å². The molecule has 0 fully saturated rings. The molecule has 1 aliphatic heterocycles. The van der Waals surface area contributed by atoms with Crippen LogP contribution in [-0.2, 0) is 0 Å². The molecule has 2 nitrogen and oxygen atoms in total. The zero-order chi connectivity index (χ0) is 9.42. The number of phenolic OH excluding ortho intramolecular Hbond substituents is 1. The van der Waals surface area contributed by atoms with E-state index in [1.54, 1.807) is 11.8 Å². The van der Waals surface area contributed by atoms with Crippen LogP contribution in [0.2, 0.25) is 0 Å². The molecule has 1 atom stereocenters. The molecule has 1 aromatic carbocycles. The van der Waals surface area contributed by atoms with Crippen LogP contribution in [0.15, 0.2) is 17.0 Å². The summed E-state index contributed by atoms with van der Waals surface area (Å²) >= 11 is 1.78. The van der Waals surface area contributed by atoms with Crippen molar-refractivity contribution in [1.29, 1.82) is 0 Å². The zero-order valence-electron chi connectivity index (χ0n) is 7.58. The highest BCUT2D eigenvalue weighted by Crippen LogP contribution is 2.41. The van der Waals surface area contributed by atoms with E-state index in [1.165, 1.54) is 0 Å². The van der Waals surface area contributed by atoms with Crippen LogP contribution >= 0.6 is 11.8 Å². The third-order valence-corrected chi connectivity index (χ3v) is 3.54. The number of rotatable bonds is 0. The minimum atomic E-state index is 0.0103. The smallest absolute Gasteiger partial charge is 0.124 e. The first-order valence-corrected chi connectivity index (χ1v) is 5.39. The van der Waals surface area contributed by atoms with Gasteiger partial charge in [-0.3, -0.25) is 0 Å². The van der Waals surface area contributed by atoms with Crippen molar-refractivity contribution in [3.05, 3.63) is 23.3 Å². The maximum Gasteiger partial charge on any atom is 0.124 e. The van der Waals surface area contributed by atoms with Crippen LogP contribution < -0.4 is 5.73 Å². The number of benzene rings is 1. The summed E-state index contributed by atoms with van der Waals surface area (Å²) in [6.07, 6.45) is 0.953. The Bertz CT molecular complexity index is 338. The fourth-order valence-electron chi connectivity index (χ4n) is 1.62. The fraction of sp³-hybridized carbons (Fsp3) is 0.400. The van der Waals surface area contributed by atoms with E-state index in [0.717, 1.165) is 28.2 Å². The lowest BCUT2D eigenvalue weighted by atomic mass is 10.0. The largest absolute Gasteiger partial charge is 0.507 e. The first kappa shape index (κ1) is 8.91. The van der Waals surface area contributed by atoms with Gasteiger partial charge in [-0.05, 0) is 30.7 Å². The predicted molar refractivity (Wildman–Crippen MR) is 55.1 cm³/mol. The van der Waals surface area contributed by atoms with Crippen molar-refractivity contribution in [3.8, 4) is 5.75 Å². The lowest BCUT2D eigenvalue weighted by Gasteiger charge is -2.23. The van der Waals surface area contributed by atoms with Gasteiger partial charge in [-0.25, -0.2) is 0 Å². The monoisotopic (exact) mass is 195 g/mol. The first-order chi connectivity index (χ1) is 6.20. The molecular weight excluding hydrogens is 182 g/mol. The predicted octanol–water partition coefficient (Wildman–Crippen LogP) is 2.20. The molecule has 3 N–H and O–H groups in total. The summed E-state index contributed by atoms with van der Waals surface area (Å²) in [6.45, 7) is 1.90. The molecule has 0 unspecified atom stereocenters. The minimum absolute atomic E-state index is 0.0103. The van der Waals surface area contributed by atoms with Gasteiger partial charge in [0, 0.05) is 16.5 Å². The molecular formula is C10H13NOS. The normalized spacial score (nSPS) is 21.2. The van der Waals surface area contributed by atoms with Gasteiger partial charge in [0.2, 0.25) is 0 Å². The number of fused-ring (bicyclic) bond motifs is 1. The molecule has 1 heterocycles. The Balaban J connectivity index is 2.58. The van der Waals surface area contributed by atoms with Crippen LogP contribution in [0.5, 0.6) is 5.75 Å². The molecule has 0 aromatic heterocycles. The van der Waals surface area contributed by atoms with E-state index in [0.29, 0.717) is 5.75 Å². The molecule has 3 heteroatoms. The summed E-state index contributed by atoms with van der Waals surface area (Å²) in [4.78, 5) is 1.14. The molecule has 1 aliphatic rings. The van der Waals surface area contributed by atoms with Gasteiger partial charge < -0.3 is 10.8 Å².